The van der Waals surface area contributed by atoms with E-state index in [1.54, 1.807) is 4.90 Å². The number of anilines is 1. The molecule has 0 fully saturated rings. The number of para-hydroxylation sites is 1. The Morgan fingerprint density at radius 1 is 1.42 bits per heavy atom. The van der Waals surface area contributed by atoms with E-state index in [0.717, 1.165) is 30.6 Å². The van der Waals surface area contributed by atoms with Crippen LogP contribution in [0.5, 0.6) is 0 Å². The Morgan fingerprint density at radius 3 is 2.89 bits per heavy atom. The molecule has 1 aromatic rings. The van der Waals surface area contributed by atoms with Crippen LogP contribution in [-0.4, -0.2) is 30.3 Å². The van der Waals surface area contributed by atoms with Crippen LogP contribution in [0, 0.1) is 0 Å². The van der Waals surface area contributed by atoms with Crippen LogP contribution in [0.4, 0.5) is 5.69 Å². The molecule has 0 saturated carbocycles. The quantitative estimate of drug-likeness (QED) is 0.903. The Balaban J connectivity index is 2.20. The van der Waals surface area contributed by atoms with Gasteiger partial charge in [-0.1, -0.05) is 31.5 Å². The maximum atomic E-state index is 12.5. The number of fused-ring (bicyclic) bond motifs is 1. The lowest BCUT2D eigenvalue weighted by Crippen LogP contribution is -2.36. The highest BCUT2D eigenvalue weighted by Crippen LogP contribution is 2.33. The molecular formula is C15H20N2O2. The molecular weight excluding hydrogens is 240 g/mol. The Kier molecular flexibility index (Phi) is 4.20. The molecule has 1 aliphatic rings. The van der Waals surface area contributed by atoms with Gasteiger partial charge in [0.2, 0.25) is 11.8 Å². The van der Waals surface area contributed by atoms with Crippen molar-refractivity contribution in [3.63, 3.8) is 0 Å². The summed E-state index contributed by atoms with van der Waals surface area (Å²) in [5, 5.41) is 2.82. The Hall–Kier alpha value is -1.84. The SMILES string of the molecule is CCCCN(C)C(=O)C1CC(=O)Nc2ccccc21. The van der Waals surface area contributed by atoms with Crippen LogP contribution >= 0.6 is 0 Å². The summed E-state index contributed by atoms with van der Waals surface area (Å²) in [7, 11) is 1.81. The maximum absolute atomic E-state index is 12.5. The first-order chi connectivity index (χ1) is 9.13. The molecule has 0 bridgehead atoms. The Morgan fingerprint density at radius 2 is 2.16 bits per heavy atom. The van der Waals surface area contributed by atoms with Gasteiger partial charge in [0.05, 0.1) is 5.92 Å². The highest BCUT2D eigenvalue weighted by molar-refractivity contribution is 6.01. The van der Waals surface area contributed by atoms with Crippen molar-refractivity contribution in [2.24, 2.45) is 0 Å². The van der Waals surface area contributed by atoms with E-state index in [0.29, 0.717) is 0 Å². The summed E-state index contributed by atoms with van der Waals surface area (Å²) in [6, 6.07) is 7.54. The predicted octanol–water partition coefficient (Wildman–Crippen LogP) is 2.37. The van der Waals surface area contributed by atoms with Crippen LogP contribution in [0.1, 0.15) is 37.7 Å². The molecule has 19 heavy (non-hydrogen) atoms. The van der Waals surface area contributed by atoms with E-state index in [4.69, 9.17) is 0 Å². The zero-order chi connectivity index (χ0) is 13.8. The van der Waals surface area contributed by atoms with Crippen molar-refractivity contribution < 1.29 is 9.59 Å². The van der Waals surface area contributed by atoms with Gasteiger partial charge < -0.3 is 10.2 Å². The van der Waals surface area contributed by atoms with Gasteiger partial charge in [-0.15, -0.1) is 0 Å². The minimum atomic E-state index is -0.341. The third kappa shape index (κ3) is 2.95. The summed E-state index contributed by atoms with van der Waals surface area (Å²) in [6.07, 6.45) is 2.29. The fourth-order valence-corrected chi connectivity index (χ4v) is 2.40. The first-order valence-electron chi connectivity index (χ1n) is 6.77. The van der Waals surface area contributed by atoms with Crippen LogP contribution in [0.15, 0.2) is 24.3 Å². The van der Waals surface area contributed by atoms with Gasteiger partial charge in [-0.05, 0) is 18.1 Å². The zero-order valence-electron chi connectivity index (χ0n) is 11.5. The van der Waals surface area contributed by atoms with Crippen LogP contribution in [-0.2, 0) is 9.59 Å². The molecule has 1 heterocycles. The summed E-state index contributed by atoms with van der Waals surface area (Å²) in [5.74, 6) is -0.386. The summed E-state index contributed by atoms with van der Waals surface area (Å²) >= 11 is 0. The van der Waals surface area contributed by atoms with Crippen molar-refractivity contribution in [2.45, 2.75) is 32.1 Å². The Labute approximate surface area is 113 Å². The number of carbonyl (C=O) groups excluding carboxylic acids is 2. The molecule has 4 heteroatoms. The minimum absolute atomic E-state index is 0.0377. The molecule has 1 atom stereocenters. The molecule has 1 N–H and O–H groups in total. The topological polar surface area (TPSA) is 49.4 Å². The molecule has 2 rings (SSSR count). The summed E-state index contributed by atoms with van der Waals surface area (Å²) in [5.41, 5.74) is 1.69. The highest BCUT2D eigenvalue weighted by atomic mass is 16.2. The summed E-state index contributed by atoms with van der Waals surface area (Å²) in [6.45, 7) is 2.84. The molecule has 0 aliphatic carbocycles. The maximum Gasteiger partial charge on any atom is 0.230 e. The van der Waals surface area contributed by atoms with Crippen LogP contribution < -0.4 is 5.32 Å². The molecule has 0 saturated heterocycles. The van der Waals surface area contributed by atoms with Crippen LogP contribution in [0.25, 0.3) is 0 Å². The van der Waals surface area contributed by atoms with Crippen LogP contribution in [0.2, 0.25) is 0 Å². The number of carbonyl (C=O) groups is 2. The number of amides is 2. The van der Waals surface area contributed by atoms with Gasteiger partial charge in [0.25, 0.3) is 0 Å². The number of benzene rings is 1. The number of rotatable bonds is 4. The molecule has 2 amide bonds. The van der Waals surface area contributed by atoms with Gasteiger partial charge in [-0.2, -0.15) is 0 Å². The van der Waals surface area contributed by atoms with Crippen molar-refractivity contribution >= 4 is 17.5 Å². The molecule has 1 unspecified atom stereocenters. The third-order valence-corrected chi connectivity index (χ3v) is 3.52. The fourth-order valence-electron chi connectivity index (χ4n) is 2.40. The molecule has 1 aliphatic heterocycles. The third-order valence-electron chi connectivity index (χ3n) is 3.52. The zero-order valence-corrected chi connectivity index (χ0v) is 11.5. The normalized spacial score (nSPS) is 17.6. The van der Waals surface area contributed by atoms with Gasteiger partial charge in [0, 0.05) is 25.7 Å². The lowest BCUT2D eigenvalue weighted by Gasteiger charge is -2.28. The second-order valence-electron chi connectivity index (χ2n) is 5.01. The number of hydrogen-bond donors (Lipinski definition) is 1. The minimum Gasteiger partial charge on any atom is -0.345 e. The second-order valence-corrected chi connectivity index (χ2v) is 5.01. The lowest BCUT2D eigenvalue weighted by molar-refractivity contribution is -0.133. The van der Waals surface area contributed by atoms with Gasteiger partial charge >= 0.3 is 0 Å². The van der Waals surface area contributed by atoms with Crippen molar-refractivity contribution in [1.29, 1.82) is 0 Å². The number of nitrogens with zero attached hydrogens (tertiary/aromatic N) is 1. The molecule has 0 radical (unpaired) electrons. The highest BCUT2D eigenvalue weighted by Gasteiger charge is 2.31. The lowest BCUT2D eigenvalue weighted by atomic mass is 9.89. The van der Waals surface area contributed by atoms with E-state index < -0.39 is 0 Å². The van der Waals surface area contributed by atoms with Crippen molar-refractivity contribution in [1.82, 2.24) is 4.90 Å². The largest absolute Gasteiger partial charge is 0.345 e. The number of likely N-dealkylation sites (N-methyl/N-ethyl adjacent to an activating group) is 1. The first-order valence-corrected chi connectivity index (χ1v) is 6.77. The van der Waals surface area contributed by atoms with E-state index in [1.165, 1.54) is 0 Å². The van der Waals surface area contributed by atoms with E-state index in [-0.39, 0.29) is 24.2 Å². The van der Waals surface area contributed by atoms with Crippen LogP contribution in [0.3, 0.4) is 0 Å². The summed E-state index contributed by atoms with van der Waals surface area (Å²) < 4.78 is 0. The second kappa shape index (κ2) is 5.87. The van der Waals surface area contributed by atoms with E-state index in [1.807, 2.05) is 31.3 Å². The number of nitrogens with one attached hydrogen (secondary N) is 1. The van der Waals surface area contributed by atoms with E-state index >= 15 is 0 Å². The first kappa shape index (κ1) is 13.6. The molecule has 102 valence electrons. The number of hydrogen-bond acceptors (Lipinski definition) is 2. The van der Waals surface area contributed by atoms with Gasteiger partial charge in [0.15, 0.2) is 0 Å². The smallest absolute Gasteiger partial charge is 0.230 e. The van der Waals surface area contributed by atoms with Gasteiger partial charge in [0.1, 0.15) is 0 Å². The van der Waals surface area contributed by atoms with Gasteiger partial charge in [-0.3, -0.25) is 9.59 Å². The van der Waals surface area contributed by atoms with Crippen molar-refractivity contribution in [2.75, 3.05) is 18.9 Å². The molecule has 4 nitrogen and oxygen atoms in total. The average Bonchev–Trinajstić information content (AvgIpc) is 2.42. The van der Waals surface area contributed by atoms with Gasteiger partial charge in [-0.25, -0.2) is 0 Å². The molecule has 0 spiro atoms. The van der Waals surface area contributed by atoms with Crippen molar-refractivity contribution in [3.05, 3.63) is 29.8 Å². The predicted molar refractivity (Wildman–Crippen MR) is 75.0 cm³/mol. The number of unbranched alkanes of at least 4 members (excludes halogenated alkanes) is 1. The molecule has 0 aromatic heterocycles. The van der Waals surface area contributed by atoms with Crippen molar-refractivity contribution in [3.8, 4) is 0 Å². The Bertz CT molecular complexity index is 485. The van der Waals surface area contributed by atoms with E-state index in [9.17, 15) is 9.59 Å². The molecule has 1 aromatic carbocycles. The summed E-state index contributed by atoms with van der Waals surface area (Å²) in [4.78, 5) is 25.9. The van der Waals surface area contributed by atoms with E-state index in [2.05, 4.69) is 12.2 Å². The average molecular weight is 260 g/mol. The monoisotopic (exact) mass is 260 g/mol. The fraction of sp³-hybridized carbons (Fsp3) is 0.467. The standard InChI is InChI=1S/C15H20N2O2/c1-3-4-9-17(2)15(19)12-10-14(18)16-13-8-6-5-7-11(12)13/h5-8,12H,3-4,9-10H2,1-2H3,(H,16,18).